The lowest BCUT2D eigenvalue weighted by molar-refractivity contribution is 0.0580. The van der Waals surface area contributed by atoms with Gasteiger partial charge in [-0.1, -0.05) is 18.5 Å². The van der Waals surface area contributed by atoms with Gasteiger partial charge in [-0.15, -0.1) is 0 Å². The number of carbonyl (C=O) groups is 1. The van der Waals surface area contributed by atoms with E-state index < -0.39 is 0 Å². The lowest BCUT2D eigenvalue weighted by Crippen LogP contribution is -2.51. The molecule has 0 bridgehead atoms. The van der Waals surface area contributed by atoms with Crippen LogP contribution in [0.25, 0.3) is 0 Å². The molecule has 0 aromatic heterocycles. The van der Waals surface area contributed by atoms with Crippen molar-refractivity contribution in [2.75, 3.05) is 31.9 Å². The Morgan fingerprint density at radius 2 is 2.00 bits per heavy atom. The lowest BCUT2D eigenvalue weighted by atomic mass is 10.1. The SMILES string of the molecule is CCC(C)N1CCN(C(=O)c2ccc(Cl)cc2N)CC1. The highest BCUT2D eigenvalue weighted by molar-refractivity contribution is 6.31. The van der Waals surface area contributed by atoms with Gasteiger partial charge in [-0.25, -0.2) is 0 Å². The molecule has 0 radical (unpaired) electrons. The van der Waals surface area contributed by atoms with Gasteiger partial charge in [-0.3, -0.25) is 9.69 Å². The second kappa shape index (κ2) is 6.46. The Morgan fingerprint density at radius 3 is 2.55 bits per heavy atom. The second-order valence-electron chi connectivity index (χ2n) is 5.32. The molecule has 0 spiro atoms. The summed E-state index contributed by atoms with van der Waals surface area (Å²) in [6.07, 6.45) is 1.14. The summed E-state index contributed by atoms with van der Waals surface area (Å²) in [6.45, 7) is 7.78. The van der Waals surface area contributed by atoms with Crippen LogP contribution in [0.5, 0.6) is 0 Å². The summed E-state index contributed by atoms with van der Waals surface area (Å²) in [5, 5.41) is 0.556. The van der Waals surface area contributed by atoms with Crippen LogP contribution in [-0.2, 0) is 0 Å². The van der Waals surface area contributed by atoms with Crippen molar-refractivity contribution in [3.05, 3.63) is 28.8 Å². The van der Waals surface area contributed by atoms with Crippen LogP contribution in [0.2, 0.25) is 5.02 Å². The van der Waals surface area contributed by atoms with Crippen molar-refractivity contribution in [2.45, 2.75) is 26.3 Å². The number of halogens is 1. The third kappa shape index (κ3) is 3.25. The second-order valence-corrected chi connectivity index (χ2v) is 5.75. The molecule has 1 saturated heterocycles. The van der Waals surface area contributed by atoms with Gasteiger partial charge in [0, 0.05) is 42.9 Å². The number of anilines is 1. The summed E-state index contributed by atoms with van der Waals surface area (Å²) in [6, 6.07) is 5.62. The first-order chi connectivity index (χ1) is 9.52. The van der Waals surface area contributed by atoms with Gasteiger partial charge in [0.05, 0.1) is 5.56 Å². The molecule has 1 aliphatic heterocycles. The van der Waals surface area contributed by atoms with E-state index in [9.17, 15) is 4.79 Å². The highest BCUT2D eigenvalue weighted by atomic mass is 35.5. The van der Waals surface area contributed by atoms with Gasteiger partial charge >= 0.3 is 0 Å². The van der Waals surface area contributed by atoms with Gasteiger partial charge < -0.3 is 10.6 Å². The molecule has 20 heavy (non-hydrogen) atoms. The fourth-order valence-corrected chi connectivity index (χ4v) is 2.70. The van der Waals surface area contributed by atoms with E-state index in [4.69, 9.17) is 17.3 Å². The number of carbonyl (C=O) groups excluding carboxylic acids is 1. The van der Waals surface area contributed by atoms with E-state index in [1.54, 1.807) is 18.2 Å². The molecule has 1 aliphatic rings. The van der Waals surface area contributed by atoms with Crippen LogP contribution < -0.4 is 5.73 Å². The molecule has 1 unspecified atom stereocenters. The Balaban J connectivity index is 2.01. The van der Waals surface area contributed by atoms with E-state index in [2.05, 4.69) is 18.7 Å². The largest absolute Gasteiger partial charge is 0.398 e. The molecular weight excluding hydrogens is 274 g/mol. The summed E-state index contributed by atoms with van der Waals surface area (Å²) in [5.41, 5.74) is 6.88. The molecule has 1 aromatic carbocycles. The quantitative estimate of drug-likeness (QED) is 0.872. The van der Waals surface area contributed by atoms with Gasteiger partial charge in [0.2, 0.25) is 0 Å². The molecule has 1 fully saturated rings. The number of benzene rings is 1. The van der Waals surface area contributed by atoms with Crippen molar-refractivity contribution < 1.29 is 4.79 Å². The van der Waals surface area contributed by atoms with Crippen molar-refractivity contribution in [3.63, 3.8) is 0 Å². The maximum atomic E-state index is 12.5. The average molecular weight is 296 g/mol. The third-order valence-corrected chi connectivity index (χ3v) is 4.29. The minimum absolute atomic E-state index is 0.00275. The average Bonchev–Trinajstić information content (AvgIpc) is 2.46. The summed E-state index contributed by atoms with van der Waals surface area (Å²) >= 11 is 5.87. The molecule has 2 rings (SSSR count). The predicted molar refractivity (Wildman–Crippen MR) is 83.1 cm³/mol. The van der Waals surface area contributed by atoms with E-state index in [1.165, 1.54) is 0 Å². The molecule has 1 aromatic rings. The van der Waals surface area contributed by atoms with Crippen LogP contribution in [0.3, 0.4) is 0 Å². The summed E-state index contributed by atoms with van der Waals surface area (Å²) in [7, 11) is 0. The number of rotatable bonds is 3. The first-order valence-corrected chi connectivity index (χ1v) is 7.49. The zero-order chi connectivity index (χ0) is 14.7. The Hall–Kier alpha value is -1.26. The monoisotopic (exact) mass is 295 g/mol. The van der Waals surface area contributed by atoms with Gasteiger partial charge in [-0.2, -0.15) is 0 Å². The summed E-state index contributed by atoms with van der Waals surface area (Å²) in [4.78, 5) is 16.8. The smallest absolute Gasteiger partial charge is 0.256 e. The van der Waals surface area contributed by atoms with Crippen LogP contribution in [0, 0.1) is 0 Å². The van der Waals surface area contributed by atoms with E-state index >= 15 is 0 Å². The van der Waals surface area contributed by atoms with Gasteiger partial charge in [0.15, 0.2) is 0 Å². The van der Waals surface area contributed by atoms with Crippen molar-refractivity contribution in [1.82, 2.24) is 9.80 Å². The minimum Gasteiger partial charge on any atom is -0.398 e. The van der Waals surface area contributed by atoms with Gasteiger partial charge in [0.1, 0.15) is 0 Å². The maximum absolute atomic E-state index is 12.5. The zero-order valence-electron chi connectivity index (χ0n) is 12.1. The van der Waals surface area contributed by atoms with Crippen molar-refractivity contribution >= 4 is 23.2 Å². The van der Waals surface area contributed by atoms with Gasteiger partial charge in [0.25, 0.3) is 5.91 Å². The maximum Gasteiger partial charge on any atom is 0.256 e. The fourth-order valence-electron chi connectivity index (χ4n) is 2.52. The predicted octanol–water partition coefficient (Wildman–Crippen LogP) is 2.48. The van der Waals surface area contributed by atoms with E-state index in [-0.39, 0.29) is 5.91 Å². The number of nitrogen functional groups attached to an aromatic ring is 1. The summed E-state index contributed by atoms with van der Waals surface area (Å²) < 4.78 is 0. The number of hydrogen-bond acceptors (Lipinski definition) is 3. The molecule has 2 N–H and O–H groups in total. The standard InChI is InChI=1S/C15H22ClN3O/c1-3-11(2)18-6-8-19(9-7-18)15(20)13-5-4-12(16)10-14(13)17/h4-5,10-11H,3,6-9,17H2,1-2H3. The molecule has 1 atom stereocenters. The number of amides is 1. The fraction of sp³-hybridized carbons (Fsp3) is 0.533. The third-order valence-electron chi connectivity index (χ3n) is 4.06. The molecule has 0 aliphatic carbocycles. The van der Waals surface area contributed by atoms with Crippen LogP contribution in [0.15, 0.2) is 18.2 Å². The molecule has 5 heteroatoms. The van der Waals surface area contributed by atoms with Crippen molar-refractivity contribution in [1.29, 1.82) is 0 Å². The van der Waals surface area contributed by atoms with Crippen LogP contribution in [0.4, 0.5) is 5.69 Å². The van der Waals surface area contributed by atoms with E-state index in [1.807, 2.05) is 4.90 Å². The van der Waals surface area contributed by atoms with Crippen LogP contribution >= 0.6 is 11.6 Å². The number of hydrogen-bond donors (Lipinski definition) is 1. The van der Waals surface area contributed by atoms with E-state index in [0.717, 1.165) is 32.6 Å². The summed E-state index contributed by atoms with van der Waals surface area (Å²) in [5.74, 6) is 0.00275. The van der Waals surface area contributed by atoms with Crippen molar-refractivity contribution in [2.24, 2.45) is 0 Å². The Kier molecular flexibility index (Phi) is 4.89. The molecular formula is C15H22ClN3O. The molecule has 1 heterocycles. The van der Waals surface area contributed by atoms with Gasteiger partial charge in [-0.05, 0) is 31.5 Å². The number of piperazine rings is 1. The van der Waals surface area contributed by atoms with E-state index in [0.29, 0.717) is 22.3 Å². The Bertz CT molecular complexity index is 484. The topological polar surface area (TPSA) is 49.6 Å². The van der Waals surface area contributed by atoms with Crippen LogP contribution in [-0.4, -0.2) is 47.9 Å². The Morgan fingerprint density at radius 1 is 1.35 bits per heavy atom. The molecule has 110 valence electrons. The zero-order valence-corrected chi connectivity index (χ0v) is 12.9. The number of nitrogens with zero attached hydrogens (tertiary/aromatic N) is 2. The van der Waals surface area contributed by atoms with Crippen molar-refractivity contribution in [3.8, 4) is 0 Å². The molecule has 0 saturated carbocycles. The minimum atomic E-state index is 0.00275. The number of nitrogens with two attached hydrogens (primary N) is 1. The highest BCUT2D eigenvalue weighted by Gasteiger charge is 2.25. The highest BCUT2D eigenvalue weighted by Crippen LogP contribution is 2.20. The molecule has 1 amide bonds. The normalized spacial score (nSPS) is 18.1. The first kappa shape index (κ1) is 15.1. The van der Waals surface area contributed by atoms with Crippen LogP contribution in [0.1, 0.15) is 30.6 Å². The lowest BCUT2D eigenvalue weighted by Gasteiger charge is -2.38. The molecule has 4 nitrogen and oxygen atoms in total. The Labute approximate surface area is 125 Å². The first-order valence-electron chi connectivity index (χ1n) is 7.11.